The number of benzene rings is 2. The van der Waals surface area contributed by atoms with Gasteiger partial charge < -0.3 is 10.6 Å². The molecule has 1 aliphatic heterocycles. The topological polar surface area (TPSA) is 111 Å². The lowest BCUT2D eigenvalue weighted by molar-refractivity contribution is 0.472. The molecule has 4 aromatic rings. The van der Waals surface area contributed by atoms with Crippen LogP contribution in [-0.2, 0) is 13.1 Å². The van der Waals surface area contributed by atoms with Crippen LogP contribution in [0.3, 0.4) is 0 Å². The quantitative estimate of drug-likeness (QED) is 0.424. The van der Waals surface area contributed by atoms with E-state index in [-0.39, 0.29) is 17.5 Å². The van der Waals surface area contributed by atoms with Crippen LogP contribution in [0.2, 0.25) is 0 Å². The molecule has 29 heavy (non-hydrogen) atoms. The molecule has 2 unspecified atom stereocenters. The fourth-order valence-electron chi connectivity index (χ4n) is 4.20. The van der Waals surface area contributed by atoms with Crippen LogP contribution in [0.15, 0.2) is 53.6 Å². The van der Waals surface area contributed by atoms with Crippen LogP contribution in [-0.4, -0.2) is 32.4 Å². The minimum atomic E-state index is -0.226. The lowest BCUT2D eigenvalue weighted by atomic mass is 9.87. The largest absolute Gasteiger partial charge is 0.316 e. The zero-order valence-electron chi connectivity index (χ0n) is 15.9. The molecule has 0 saturated carbocycles. The van der Waals surface area contributed by atoms with E-state index < -0.39 is 0 Å². The van der Waals surface area contributed by atoms with Crippen molar-refractivity contribution in [2.24, 2.45) is 0 Å². The molecule has 146 valence electrons. The van der Waals surface area contributed by atoms with Crippen LogP contribution in [0.25, 0.3) is 10.8 Å². The smallest absolute Gasteiger partial charge is 0.272 e. The predicted molar refractivity (Wildman–Crippen MR) is 109 cm³/mol. The van der Waals surface area contributed by atoms with E-state index in [4.69, 9.17) is 0 Å². The second kappa shape index (κ2) is 7.23. The van der Waals surface area contributed by atoms with Crippen molar-refractivity contribution in [2.75, 3.05) is 7.05 Å². The zero-order chi connectivity index (χ0) is 19.8. The molecule has 2 aromatic heterocycles. The van der Waals surface area contributed by atoms with E-state index in [2.05, 4.69) is 60.3 Å². The van der Waals surface area contributed by atoms with Crippen LogP contribution in [0.5, 0.6) is 0 Å². The van der Waals surface area contributed by atoms with Crippen molar-refractivity contribution in [3.05, 3.63) is 87.4 Å². The molecule has 0 bridgehead atoms. The molecule has 0 aliphatic carbocycles. The van der Waals surface area contributed by atoms with Gasteiger partial charge in [0.05, 0.1) is 17.0 Å². The molecule has 2 atom stereocenters. The number of hydrogen-bond donors (Lipinski definition) is 4. The third kappa shape index (κ3) is 3.02. The minimum absolute atomic E-state index is 0.0828. The van der Waals surface area contributed by atoms with Crippen LogP contribution in [0.1, 0.15) is 40.2 Å². The van der Waals surface area contributed by atoms with E-state index >= 15 is 0 Å². The van der Waals surface area contributed by atoms with Gasteiger partial charge in [0.15, 0.2) is 0 Å². The maximum atomic E-state index is 12.4. The number of nitrogens with one attached hydrogen (secondary N) is 4. The van der Waals surface area contributed by atoms with Gasteiger partial charge in [-0.2, -0.15) is 10.2 Å². The molecule has 0 fully saturated rings. The van der Waals surface area contributed by atoms with Crippen LogP contribution >= 0.6 is 0 Å². The Morgan fingerprint density at radius 3 is 2.76 bits per heavy atom. The highest BCUT2D eigenvalue weighted by molar-refractivity contribution is 5.88. The molecule has 2 aromatic carbocycles. The van der Waals surface area contributed by atoms with Gasteiger partial charge in [-0.1, -0.05) is 36.4 Å². The predicted octanol–water partition coefficient (Wildman–Crippen LogP) is 1.74. The van der Waals surface area contributed by atoms with Crippen molar-refractivity contribution in [1.82, 2.24) is 36.0 Å². The Bertz CT molecular complexity index is 1200. The molecule has 1 aliphatic rings. The Morgan fingerprint density at radius 2 is 2.00 bits per heavy atom. The first-order valence-corrected chi connectivity index (χ1v) is 9.58. The Kier molecular flexibility index (Phi) is 4.42. The van der Waals surface area contributed by atoms with Crippen LogP contribution in [0.4, 0.5) is 0 Å². The summed E-state index contributed by atoms with van der Waals surface area (Å²) in [5, 5.41) is 22.6. The number of aromatic amines is 2. The summed E-state index contributed by atoms with van der Waals surface area (Å²) in [7, 11) is 1.94. The first-order chi connectivity index (χ1) is 14.3. The molecule has 0 saturated heterocycles. The SMILES string of the molecule is CNCc1ccc(C2NCc3cccc4c(=O)[nH]nc(c34)C2c2ncn[nH]2)cc1. The lowest BCUT2D eigenvalue weighted by Gasteiger charge is -2.25. The number of aromatic nitrogens is 5. The third-order valence-corrected chi connectivity index (χ3v) is 5.52. The maximum Gasteiger partial charge on any atom is 0.272 e. The summed E-state index contributed by atoms with van der Waals surface area (Å²) in [6.07, 6.45) is 1.50. The van der Waals surface area contributed by atoms with Crippen molar-refractivity contribution in [3.63, 3.8) is 0 Å². The molecule has 3 heterocycles. The third-order valence-electron chi connectivity index (χ3n) is 5.52. The molecule has 0 radical (unpaired) electrons. The highest BCUT2D eigenvalue weighted by atomic mass is 16.1. The van der Waals surface area contributed by atoms with E-state index in [0.29, 0.717) is 17.8 Å². The average molecular weight is 387 g/mol. The summed E-state index contributed by atoms with van der Waals surface area (Å²) in [5.74, 6) is 0.481. The molecule has 8 nitrogen and oxygen atoms in total. The zero-order valence-corrected chi connectivity index (χ0v) is 15.9. The Morgan fingerprint density at radius 1 is 1.14 bits per heavy atom. The molecule has 8 heteroatoms. The fraction of sp³-hybridized carbons (Fsp3) is 0.238. The summed E-state index contributed by atoms with van der Waals surface area (Å²) < 4.78 is 0. The summed E-state index contributed by atoms with van der Waals surface area (Å²) in [6, 6.07) is 14.2. The van der Waals surface area contributed by atoms with Crippen LogP contribution < -0.4 is 16.2 Å². The second-order valence-electron chi connectivity index (χ2n) is 7.26. The lowest BCUT2D eigenvalue weighted by Crippen LogP contribution is -2.27. The normalized spacial score (nSPS) is 18.7. The second-order valence-corrected chi connectivity index (χ2v) is 7.26. The standard InChI is InChI=1S/C21H21N7O/c1-22-9-12-5-7-13(8-6-12)18-17(20-24-11-25-27-20)19-16-14(10-23-18)3-2-4-15(16)21(29)28-26-19/h2-8,11,17-18,22-23H,9-10H2,1H3,(H,28,29)(H,24,25,27). The van der Waals surface area contributed by atoms with Crippen molar-refractivity contribution in [3.8, 4) is 0 Å². The van der Waals surface area contributed by atoms with Gasteiger partial charge in [-0.25, -0.2) is 10.1 Å². The van der Waals surface area contributed by atoms with Crippen molar-refractivity contribution in [1.29, 1.82) is 0 Å². The molecular weight excluding hydrogens is 366 g/mol. The van der Waals surface area contributed by atoms with Gasteiger partial charge in [-0.15, -0.1) is 0 Å². The summed E-state index contributed by atoms with van der Waals surface area (Å²) in [4.78, 5) is 16.8. The number of H-pyrrole nitrogens is 2. The highest BCUT2D eigenvalue weighted by Crippen LogP contribution is 2.40. The summed E-state index contributed by atoms with van der Waals surface area (Å²) in [6.45, 7) is 1.44. The van der Waals surface area contributed by atoms with Gasteiger partial charge >= 0.3 is 0 Å². The highest BCUT2D eigenvalue weighted by Gasteiger charge is 2.34. The van der Waals surface area contributed by atoms with E-state index in [1.807, 2.05) is 25.2 Å². The summed E-state index contributed by atoms with van der Waals surface area (Å²) >= 11 is 0. The maximum absolute atomic E-state index is 12.4. The minimum Gasteiger partial charge on any atom is -0.316 e. The molecule has 5 rings (SSSR count). The summed E-state index contributed by atoms with van der Waals surface area (Å²) in [5.41, 5.74) is 4.00. The van der Waals surface area contributed by atoms with E-state index in [1.54, 1.807) is 0 Å². The first kappa shape index (κ1) is 17.7. The Hall–Kier alpha value is -3.36. The van der Waals surface area contributed by atoms with Gasteiger partial charge in [-0.3, -0.25) is 9.89 Å². The number of nitrogens with zero attached hydrogens (tertiary/aromatic N) is 3. The van der Waals surface area contributed by atoms with E-state index in [0.717, 1.165) is 28.8 Å². The fourth-order valence-corrected chi connectivity index (χ4v) is 4.20. The average Bonchev–Trinajstić information content (AvgIpc) is 3.22. The molecule has 0 amide bonds. The molecule has 4 N–H and O–H groups in total. The van der Waals surface area contributed by atoms with Gasteiger partial charge in [-0.05, 0) is 29.8 Å². The van der Waals surface area contributed by atoms with Crippen molar-refractivity contribution in [2.45, 2.75) is 25.0 Å². The van der Waals surface area contributed by atoms with Gasteiger partial charge in [0.2, 0.25) is 0 Å². The Balaban J connectivity index is 1.71. The number of rotatable bonds is 4. The van der Waals surface area contributed by atoms with Crippen molar-refractivity contribution < 1.29 is 0 Å². The first-order valence-electron chi connectivity index (χ1n) is 9.58. The Labute approximate surface area is 166 Å². The van der Waals surface area contributed by atoms with Crippen LogP contribution in [0, 0.1) is 0 Å². The van der Waals surface area contributed by atoms with Gasteiger partial charge in [0.25, 0.3) is 5.56 Å². The monoisotopic (exact) mass is 387 g/mol. The van der Waals surface area contributed by atoms with E-state index in [9.17, 15) is 4.79 Å². The van der Waals surface area contributed by atoms with Crippen molar-refractivity contribution >= 4 is 10.8 Å². The molecule has 0 spiro atoms. The van der Waals surface area contributed by atoms with Gasteiger partial charge in [0.1, 0.15) is 12.2 Å². The molecular formula is C21H21N7O. The van der Waals surface area contributed by atoms with E-state index in [1.165, 1.54) is 11.9 Å². The van der Waals surface area contributed by atoms with Gasteiger partial charge in [0, 0.05) is 24.5 Å². The number of hydrogen-bond acceptors (Lipinski definition) is 6.